The fourth-order valence-electron chi connectivity index (χ4n) is 2.79. The molecule has 0 atom stereocenters. The van der Waals surface area contributed by atoms with E-state index < -0.39 is 11.6 Å². The van der Waals surface area contributed by atoms with Gasteiger partial charge in [-0.05, 0) is 36.4 Å². The molecule has 2 aromatic carbocycles. The Morgan fingerprint density at radius 3 is 2.08 bits per heavy atom. The van der Waals surface area contributed by atoms with E-state index >= 15 is 0 Å². The van der Waals surface area contributed by atoms with Crippen molar-refractivity contribution in [3.05, 3.63) is 65.5 Å². The first kappa shape index (κ1) is 20.3. The molecule has 1 heterocycles. The number of rotatable bonds is 3. The van der Waals surface area contributed by atoms with Gasteiger partial charge in [-0.1, -0.05) is 6.07 Å². The van der Waals surface area contributed by atoms with Gasteiger partial charge in [-0.15, -0.1) is 24.0 Å². The van der Waals surface area contributed by atoms with E-state index in [0.717, 1.165) is 5.69 Å². The summed E-state index contributed by atoms with van der Waals surface area (Å²) in [5.74, 6) is -1.25. The SMILES string of the molecule is I.NC(=NCc1c(F)cccc1F)N1CCN(c2ccc(F)cc2)CC1. The molecule has 0 spiro atoms. The lowest BCUT2D eigenvalue weighted by atomic mass is 10.2. The summed E-state index contributed by atoms with van der Waals surface area (Å²) >= 11 is 0. The average Bonchev–Trinajstić information content (AvgIpc) is 2.62. The normalized spacial score (nSPS) is 15.0. The molecular formula is C18H20F3IN4. The number of guanidine groups is 1. The van der Waals surface area contributed by atoms with Crippen molar-refractivity contribution in [2.75, 3.05) is 31.1 Å². The highest BCUT2D eigenvalue weighted by molar-refractivity contribution is 14.0. The van der Waals surface area contributed by atoms with Crippen LogP contribution < -0.4 is 10.6 Å². The molecule has 140 valence electrons. The zero-order valence-electron chi connectivity index (χ0n) is 14.0. The number of halogens is 4. The molecule has 1 saturated heterocycles. The molecule has 0 unspecified atom stereocenters. The van der Waals surface area contributed by atoms with Crippen LogP contribution in [0.1, 0.15) is 5.56 Å². The summed E-state index contributed by atoms with van der Waals surface area (Å²) in [6, 6.07) is 10.1. The lowest BCUT2D eigenvalue weighted by Crippen LogP contribution is -2.51. The van der Waals surface area contributed by atoms with E-state index in [1.54, 1.807) is 12.1 Å². The van der Waals surface area contributed by atoms with Gasteiger partial charge in [-0.3, -0.25) is 0 Å². The molecular weight excluding hydrogens is 456 g/mol. The van der Waals surface area contributed by atoms with Crippen molar-refractivity contribution in [2.45, 2.75) is 6.54 Å². The summed E-state index contributed by atoms with van der Waals surface area (Å²) in [6.45, 7) is 2.53. The molecule has 3 rings (SSSR count). The van der Waals surface area contributed by atoms with Crippen LogP contribution in [-0.4, -0.2) is 37.0 Å². The Morgan fingerprint density at radius 2 is 1.50 bits per heavy atom. The first-order valence-electron chi connectivity index (χ1n) is 8.03. The Bertz CT molecular complexity index is 739. The van der Waals surface area contributed by atoms with E-state index in [2.05, 4.69) is 9.89 Å². The summed E-state index contributed by atoms with van der Waals surface area (Å²) in [5.41, 5.74) is 6.82. The second kappa shape index (κ2) is 9.11. The molecule has 0 radical (unpaired) electrons. The lowest BCUT2D eigenvalue weighted by molar-refractivity contribution is 0.380. The third-order valence-electron chi connectivity index (χ3n) is 4.26. The summed E-state index contributed by atoms with van der Waals surface area (Å²) in [4.78, 5) is 8.12. The minimum absolute atomic E-state index is 0. The topological polar surface area (TPSA) is 44.9 Å². The number of benzene rings is 2. The number of piperazine rings is 1. The molecule has 0 bridgehead atoms. The maximum Gasteiger partial charge on any atom is 0.191 e. The van der Waals surface area contributed by atoms with E-state index in [1.807, 2.05) is 4.90 Å². The van der Waals surface area contributed by atoms with E-state index in [-0.39, 0.29) is 47.9 Å². The van der Waals surface area contributed by atoms with Crippen molar-refractivity contribution in [1.29, 1.82) is 0 Å². The molecule has 26 heavy (non-hydrogen) atoms. The van der Waals surface area contributed by atoms with Gasteiger partial charge in [0.2, 0.25) is 0 Å². The molecule has 0 aromatic heterocycles. The van der Waals surface area contributed by atoms with Gasteiger partial charge in [0.05, 0.1) is 6.54 Å². The van der Waals surface area contributed by atoms with Gasteiger partial charge in [0.15, 0.2) is 5.96 Å². The third kappa shape index (κ3) is 4.80. The Kier molecular flexibility index (Phi) is 7.13. The largest absolute Gasteiger partial charge is 0.370 e. The van der Waals surface area contributed by atoms with Crippen molar-refractivity contribution < 1.29 is 13.2 Å². The fraction of sp³-hybridized carbons (Fsp3) is 0.278. The molecule has 1 aliphatic rings. The van der Waals surface area contributed by atoms with Crippen LogP contribution >= 0.6 is 24.0 Å². The van der Waals surface area contributed by atoms with Crippen LogP contribution in [0.3, 0.4) is 0 Å². The third-order valence-corrected chi connectivity index (χ3v) is 4.26. The second-order valence-corrected chi connectivity index (χ2v) is 5.83. The van der Waals surface area contributed by atoms with Crippen molar-refractivity contribution >= 4 is 35.6 Å². The lowest BCUT2D eigenvalue weighted by Gasteiger charge is -2.36. The number of aliphatic imine (C=N–C) groups is 1. The minimum Gasteiger partial charge on any atom is -0.370 e. The highest BCUT2D eigenvalue weighted by Gasteiger charge is 2.19. The second-order valence-electron chi connectivity index (χ2n) is 5.83. The highest BCUT2D eigenvalue weighted by Crippen LogP contribution is 2.17. The highest BCUT2D eigenvalue weighted by atomic mass is 127. The summed E-state index contributed by atoms with van der Waals surface area (Å²) in [5, 5.41) is 0. The Hall–Kier alpha value is -1.97. The van der Waals surface area contributed by atoms with Crippen LogP contribution in [0.25, 0.3) is 0 Å². The van der Waals surface area contributed by atoms with Crippen LogP contribution in [0.4, 0.5) is 18.9 Å². The zero-order chi connectivity index (χ0) is 17.8. The van der Waals surface area contributed by atoms with Crippen LogP contribution in [0.15, 0.2) is 47.5 Å². The van der Waals surface area contributed by atoms with Crippen molar-refractivity contribution in [3.63, 3.8) is 0 Å². The van der Waals surface area contributed by atoms with Crippen molar-refractivity contribution in [3.8, 4) is 0 Å². The zero-order valence-corrected chi connectivity index (χ0v) is 16.4. The number of anilines is 1. The fourth-order valence-corrected chi connectivity index (χ4v) is 2.79. The van der Waals surface area contributed by atoms with Gasteiger partial charge in [0.25, 0.3) is 0 Å². The molecule has 0 saturated carbocycles. The number of hydrogen-bond acceptors (Lipinski definition) is 2. The van der Waals surface area contributed by atoms with Gasteiger partial charge < -0.3 is 15.5 Å². The number of nitrogens with zero attached hydrogens (tertiary/aromatic N) is 3. The quantitative estimate of drug-likeness (QED) is 0.420. The summed E-state index contributed by atoms with van der Waals surface area (Å²) < 4.78 is 40.2. The smallest absolute Gasteiger partial charge is 0.191 e. The molecule has 1 aliphatic heterocycles. The standard InChI is InChI=1S/C18H19F3N4.HI/c19-13-4-6-14(7-5-13)24-8-10-25(11-9-24)18(22)23-12-15-16(20)2-1-3-17(15)21;/h1-7H,8-12H2,(H2,22,23);1H. The van der Waals surface area contributed by atoms with Crippen molar-refractivity contribution in [2.24, 2.45) is 10.7 Å². The molecule has 4 nitrogen and oxygen atoms in total. The first-order chi connectivity index (χ1) is 12.0. The van der Waals surface area contributed by atoms with Crippen LogP contribution in [0.2, 0.25) is 0 Å². The molecule has 1 fully saturated rings. The van der Waals surface area contributed by atoms with Crippen LogP contribution in [0.5, 0.6) is 0 Å². The maximum atomic E-state index is 13.6. The number of hydrogen-bond donors (Lipinski definition) is 1. The Labute approximate surface area is 167 Å². The predicted molar refractivity (Wildman–Crippen MR) is 107 cm³/mol. The summed E-state index contributed by atoms with van der Waals surface area (Å²) in [6.07, 6.45) is 0. The first-order valence-corrected chi connectivity index (χ1v) is 8.03. The van der Waals surface area contributed by atoms with Gasteiger partial charge in [0.1, 0.15) is 17.5 Å². The van der Waals surface area contributed by atoms with E-state index in [9.17, 15) is 13.2 Å². The average molecular weight is 476 g/mol. The van der Waals surface area contributed by atoms with Gasteiger partial charge >= 0.3 is 0 Å². The molecule has 0 amide bonds. The molecule has 0 aliphatic carbocycles. The van der Waals surface area contributed by atoms with Gasteiger partial charge in [0, 0.05) is 37.4 Å². The molecule has 8 heteroatoms. The van der Waals surface area contributed by atoms with E-state index in [1.165, 1.54) is 30.3 Å². The Balaban J connectivity index is 0.00000243. The van der Waals surface area contributed by atoms with Crippen LogP contribution in [-0.2, 0) is 6.54 Å². The monoisotopic (exact) mass is 476 g/mol. The minimum atomic E-state index is -0.627. The van der Waals surface area contributed by atoms with Gasteiger partial charge in [-0.25, -0.2) is 18.2 Å². The maximum absolute atomic E-state index is 13.6. The molecule has 2 aromatic rings. The van der Waals surface area contributed by atoms with Gasteiger partial charge in [-0.2, -0.15) is 0 Å². The Morgan fingerprint density at radius 1 is 0.923 bits per heavy atom. The molecule has 2 N–H and O–H groups in total. The number of nitrogens with two attached hydrogens (primary N) is 1. The van der Waals surface area contributed by atoms with Crippen LogP contribution in [0, 0.1) is 17.5 Å². The van der Waals surface area contributed by atoms with E-state index in [4.69, 9.17) is 5.73 Å². The summed E-state index contributed by atoms with van der Waals surface area (Å²) in [7, 11) is 0. The van der Waals surface area contributed by atoms with E-state index in [0.29, 0.717) is 26.2 Å². The van der Waals surface area contributed by atoms with Crippen molar-refractivity contribution in [1.82, 2.24) is 4.90 Å². The predicted octanol–water partition coefficient (Wildman–Crippen LogP) is 3.36.